The molecular formula is C16H26N4O. The zero-order chi connectivity index (χ0) is 14.7. The van der Waals surface area contributed by atoms with E-state index in [9.17, 15) is 0 Å². The number of aryl methyl sites for hydroxylation is 1. The molecule has 0 aliphatic carbocycles. The van der Waals surface area contributed by atoms with E-state index in [1.54, 1.807) is 0 Å². The average molecular weight is 290 g/mol. The molecule has 5 heteroatoms. The van der Waals surface area contributed by atoms with Gasteiger partial charge in [0.15, 0.2) is 0 Å². The van der Waals surface area contributed by atoms with Crippen LogP contribution >= 0.6 is 0 Å². The molecule has 3 heterocycles. The molecule has 0 bridgehead atoms. The molecule has 2 aliphatic heterocycles. The Hall–Kier alpha value is -1.36. The van der Waals surface area contributed by atoms with Gasteiger partial charge in [0.25, 0.3) is 0 Å². The van der Waals surface area contributed by atoms with E-state index in [1.807, 2.05) is 19.9 Å². The summed E-state index contributed by atoms with van der Waals surface area (Å²) >= 11 is 0. The Bertz CT molecular complexity index is 473. The number of hydrogen-bond acceptors (Lipinski definition) is 5. The first kappa shape index (κ1) is 14.6. The first-order chi connectivity index (χ1) is 10.3. The summed E-state index contributed by atoms with van der Waals surface area (Å²) in [6.07, 6.45) is 6.40. The van der Waals surface area contributed by atoms with Crippen LogP contribution in [0.15, 0.2) is 6.07 Å². The predicted molar refractivity (Wildman–Crippen MR) is 83.9 cm³/mol. The van der Waals surface area contributed by atoms with Gasteiger partial charge in [-0.25, -0.2) is 4.98 Å². The number of aromatic nitrogens is 2. The van der Waals surface area contributed by atoms with Gasteiger partial charge in [-0.05, 0) is 52.5 Å². The van der Waals surface area contributed by atoms with E-state index in [4.69, 9.17) is 4.74 Å². The first-order valence-corrected chi connectivity index (χ1v) is 8.26. The summed E-state index contributed by atoms with van der Waals surface area (Å²) in [5.41, 5.74) is 0. The first-order valence-electron chi connectivity index (χ1n) is 8.26. The SMILES string of the molecule is CCOc1cc(N2CCCCC2C2CCCN2)nc(C)n1. The zero-order valence-corrected chi connectivity index (χ0v) is 13.1. The third kappa shape index (κ3) is 3.28. The summed E-state index contributed by atoms with van der Waals surface area (Å²) < 4.78 is 5.59. The average Bonchev–Trinajstić information content (AvgIpc) is 3.01. The minimum atomic E-state index is 0.560. The Labute approximate surface area is 127 Å². The monoisotopic (exact) mass is 290 g/mol. The molecule has 1 N–H and O–H groups in total. The summed E-state index contributed by atoms with van der Waals surface area (Å²) in [5.74, 6) is 2.52. The summed E-state index contributed by atoms with van der Waals surface area (Å²) in [5, 5.41) is 3.66. The van der Waals surface area contributed by atoms with Crippen molar-refractivity contribution < 1.29 is 4.74 Å². The van der Waals surface area contributed by atoms with Gasteiger partial charge in [-0.15, -0.1) is 0 Å². The summed E-state index contributed by atoms with van der Waals surface area (Å²) in [4.78, 5) is 11.5. The zero-order valence-electron chi connectivity index (χ0n) is 13.1. The second kappa shape index (κ2) is 6.60. The van der Waals surface area contributed by atoms with Crippen LogP contribution in [0.2, 0.25) is 0 Å². The number of nitrogens with one attached hydrogen (secondary N) is 1. The van der Waals surface area contributed by atoms with E-state index >= 15 is 0 Å². The van der Waals surface area contributed by atoms with Crippen molar-refractivity contribution in [1.82, 2.24) is 15.3 Å². The maximum absolute atomic E-state index is 5.59. The molecule has 0 amide bonds. The van der Waals surface area contributed by atoms with Gasteiger partial charge >= 0.3 is 0 Å². The normalized spacial score (nSPS) is 26.1. The van der Waals surface area contributed by atoms with Gasteiger partial charge in [-0.1, -0.05) is 0 Å². The smallest absolute Gasteiger partial charge is 0.218 e. The van der Waals surface area contributed by atoms with Gasteiger partial charge < -0.3 is 15.0 Å². The molecule has 3 rings (SSSR count). The maximum atomic E-state index is 5.59. The second-order valence-corrected chi connectivity index (χ2v) is 6.00. The van der Waals surface area contributed by atoms with Crippen LogP contribution < -0.4 is 15.0 Å². The van der Waals surface area contributed by atoms with Crippen LogP contribution in [-0.4, -0.2) is 41.7 Å². The standard InChI is InChI=1S/C16H26N4O/c1-3-21-16-11-15(18-12(2)19-16)20-10-5-4-8-14(20)13-7-6-9-17-13/h11,13-14,17H,3-10H2,1-2H3. The van der Waals surface area contributed by atoms with Crippen molar-refractivity contribution in [2.45, 2.75) is 58.0 Å². The van der Waals surface area contributed by atoms with Crippen LogP contribution in [0.5, 0.6) is 5.88 Å². The highest BCUT2D eigenvalue weighted by Gasteiger charge is 2.32. The van der Waals surface area contributed by atoms with E-state index in [1.165, 1.54) is 32.1 Å². The highest BCUT2D eigenvalue weighted by molar-refractivity contribution is 5.44. The molecule has 5 nitrogen and oxygen atoms in total. The predicted octanol–water partition coefficient (Wildman–Crippen LogP) is 2.29. The third-order valence-electron chi connectivity index (χ3n) is 4.50. The number of anilines is 1. The number of hydrogen-bond donors (Lipinski definition) is 1. The van der Waals surface area contributed by atoms with Crippen LogP contribution in [0, 0.1) is 6.92 Å². The molecule has 0 aromatic carbocycles. The molecule has 2 unspecified atom stereocenters. The highest BCUT2D eigenvalue weighted by atomic mass is 16.5. The third-order valence-corrected chi connectivity index (χ3v) is 4.50. The highest BCUT2D eigenvalue weighted by Crippen LogP contribution is 2.29. The summed E-state index contributed by atoms with van der Waals surface area (Å²) in [6, 6.07) is 3.17. The maximum Gasteiger partial charge on any atom is 0.218 e. The van der Waals surface area contributed by atoms with E-state index in [2.05, 4.69) is 20.2 Å². The Morgan fingerprint density at radius 3 is 2.95 bits per heavy atom. The van der Waals surface area contributed by atoms with Gasteiger partial charge in [-0.3, -0.25) is 0 Å². The molecule has 116 valence electrons. The largest absolute Gasteiger partial charge is 0.478 e. The number of rotatable bonds is 4. The van der Waals surface area contributed by atoms with E-state index in [0.29, 0.717) is 24.6 Å². The molecule has 1 aromatic heterocycles. The fraction of sp³-hybridized carbons (Fsp3) is 0.750. The van der Waals surface area contributed by atoms with Crippen molar-refractivity contribution in [3.05, 3.63) is 11.9 Å². The van der Waals surface area contributed by atoms with E-state index < -0.39 is 0 Å². The Kier molecular flexibility index (Phi) is 4.58. The minimum absolute atomic E-state index is 0.560. The lowest BCUT2D eigenvalue weighted by atomic mass is 9.94. The minimum Gasteiger partial charge on any atom is -0.478 e. The molecule has 2 atom stereocenters. The number of piperidine rings is 1. The van der Waals surface area contributed by atoms with E-state index in [0.717, 1.165) is 24.7 Å². The molecule has 21 heavy (non-hydrogen) atoms. The summed E-state index contributed by atoms with van der Waals surface area (Å²) in [7, 11) is 0. The van der Waals surface area contributed by atoms with Gasteiger partial charge in [0, 0.05) is 24.7 Å². The second-order valence-electron chi connectivity index (χ2n) is 6.00. The molecule has 0 spiro atoms. The van der Waals surface area contributed by atoms with Gasteiger partial charge in [0.05, 0.1) is 6.61 Å². The number of nitrogens with zero attached hydrogens (tertiary/aromatic N) is 3. The molecule has 2 fully saturated rings. The Balaban J connectivity index is 1.85. The number of ether oxygens (including phenoxy) is 1. The lowest BCUT2D eigenvalue weighted by molar-refractivity contribution is 0.324. The lowest BCUT2D eigenvalue weighted by Crippen LogP contribution is -2.50. The van der Waals surface area contributed by atoms with E-state index in [-0.39, 0.29) is 0 Å². The van der Waals surface area contributed by atoms with Crippen molar-refractivity contribution in [1.29, 1.82) is 0 Å². The van der Waals surface area contributed by atoms with Crippen LogP contribution in [0.1, 0.15) is 44.9 Å². The topological polar surface area (TPSA) is 50.3 Å². The van der Waals surface area contributed by atoms with Crippen molar-refractivity contribution in [2.75, 3.05) is 24.6 Å². The van der Waals surface area contributed by atoms with Gasteiger partial charge in [-0.2, -0.15) is 4.98 Å². The lowest BCUT2D eigenvalue weighted by Gasteiger charge is -2.40. The molecule has 1 aromatic rings. The van der Waals surface area contributed by atoms with Crippen LogP contribution in [0.3, 0.4) is 0 Å². The Morgan fingerprint density at radius 1 is 1.29 bits per heavy atom. The Morgan fingerprint density at radius 2 is 2.19 bits per heavy atom. The fourth-order valence-corrected chi connectivity index (χ4v) is 3.59. The van der Waals surface area contributed by atoms with Crippen molar-refractivity contribution >= 4 is 5.82 Å². The van der Waals surface area contributed by atoms with Gasteiger partial charge in [0.1, 0.15) is 11.6 Å². The van der Waals surface area contributed by atoms with Crippen molar-refractivity contribution in [2.24, 2.45) is 0 Å². The van der Waals surface area contributed by atoms with Crippen molar-refractivity contribution in [3.8, 4) is 5.88 Å². The van der Waals surface area contributed by atoms with Crippen molar-refractivity contribution in [3.63, 3.8) is 0 Å². The molecule has 0 radical (unpaired) electrons. The van der Waals surface area contributed by atoms with Crippen LogP contribution in [-0.2, 0) is 0 Å². The summed E-state index contributed by atoms with van der Waals surface area (Å²) in [6.45, 7) is 6.82. The fourth-order valence-electron chi connectivity index (χ4n) is 3.59. The molecule has 2 saturated heterocycles. The molecular weight excluding hydrogens is 264 g/mol. The van der Waals surface area contributed by atoms with Crippen LogP contribution in [0.4, 0.5) is 5.82 Å². The molecule has 0 saturated carbocycles. The molecule has 2 aliphatic rings. The van der Waals surface area contributed by atoms with Crippen LogP contribution in [0.25, 0.3) is 0 Å². The van der Waals surface area contributed by atoms with Gasteiger partial charge in [0.2, 0.25) is 5.88 Å². The quantitative estimate of drug-likeness (QED) is 0.922.